The zero-order chi connectivity index (χ0) is 18.1. The van der Waals surface area contributed by atoms with Crippen molar-refractivity contribution in [1.82, 2.24) is 5.32 Å². The maximum atomic E-state index is 12.0. The summed E-state index contributed by atoms with van der Waals surface area (Å²) in [5, 5.41) is 11.4. The Kier molecular flexibility index (Phi) is 6.83. The smallest absolute Gasteiger partial charge is 0.341 e. The minimum Gasteiger partial charge on any atom is -0.496 e. The summed E-state index contributed by atoms with van der Waals surface area (Å²) in [5.41, 5.74) is 1.88. The zero-order valence-corrected chi connectivity index (χ0v) is 14.0. The van der Waals surface area contributed by atoms with Gasteiger partial charge in [-0.2, -0.15) is 0 Å². The quantitative estimate of drug-likeness (QED) is 0.728. The molecule has 0 saturated heterocycles. The van der Waals surface area contributed by atoms with Crippen LogP contribution in [0.15, 0.2) is 48.5 Å². The van der Waals surface area contributed by atoms with Crippen LogP contribution in [0.25, 0.3) is 0 Å². The number of carboxylic acids is 1. The number of para-hydroxylation sites is 1. The van der Waals surface area contributed by atoms with Crippen LogP contribution in [0, 0.1) is 0 Å². The predicted octanol–water partition coefficient (Wildman–Crippen LogP) is 2.06. The number of hydrogen-bond donors (Lipinski definition) is 2. The number of amides is 1. The van der Waals surface area contributed by atoms with Gasteiger partial charge in [0.2, 0.25) is 5.91 Å². The van der Waals surface area contributed by atoms with Gasteiger partial charge in [-0.15, -0.1) is 0 Å². The second-order valence-corrected chi connectivity index (χ2v) is 5.41. The highest BCUT2D eigenvalue weighted by Crippen LogP contribution is 2.17. The molecule has 0 fully saturated rings. The number of carbonyl (C=O) groups excluding carboxylic acids is 1. The minimum atomic E-state index is -1.01. The van der Waals surface area contributed by atoms with Crippen molar-refractivity contribution >= 4 is 11.9 Å². The van der Waals surface area contributed by atoms with Crippen LogP contribution < -0.4 is 14.8 Å². The van der Waals surface area contributed by atoms with Crippen LogP contribution in [0.3, 0.4) is 0 Å². The van der Waals surface area contributed by atoms with E-state index in [2.05, 4.69) is 5.32 Å². The van der Waals surface area contributed by atoms with Crippen molar-refractivity contribution in [2.45, 2.75) is 12.8 Å². The first-order valence-electron chi connectivity index (χ1n) is 7.90. The van der Waals surface area contributed by atoms with Crippen molar-refractivity contribution in [2.24, 2.45) is 0 Å². The third kappa shape index (κ3) is 6.18. The van der Waals surface area contributed by atoms with Crippen molar-refractivity contribution in [3.05, 3.63) is 59.7 Å². The van der Waals surface area contributed by atoms with E-state index in [0.29, 0.717) is 24.5 Å². The summed E-state index contributed by atoms with van der Waals surface area (Å²) < 4.78 is 10.3. The van der Waals surface area contributed by atoms with E-state index in [1.54, 1.807) is 19.2 Å². The SMILES string of the molecule is COc1ccccc1CC(=O)NCCc1ccc(OCC(=O)O)cc1. The largest absolute Gasteiger partial charge is 0.496 e. The van der Waals surface area contributed by atoms with E-state index in [1.165, 1.54) is 0 Å². The lowest BCUT2D eigenvalue weighted by molar-refractivity contribution is -0.139. The van der Waals surface area contributed by atoms with Crippen LogP contribution in [0.2, 0.25) is 0 Å². The van der Waals surface area contributed by atoms with Gasteiger partial charge in [0.15, 0.2) is 6.61 Å². The van der Waals surface area contributed by atoms with Gasteiger partial charge >= 0.3 is 5.97 Å². The lowest BCUT2D eigenvalue weighted by Crippen LogP contribution is -2.27. The highest BCUT2D eigenvalue weighted by molar-refractivity contribution is 5.79. The summed E-state index contributed by atoms with van der Waals surface area (Å²) in [7, 11) is 1.58. The number of carbonyl (C=O) groups is 2. The molecule has 0 spiro atoms. The Balaban J connectivity index is 1.76. The van der Waals surface area contributed by atoms with Crippen LogP contribution in [-0.4, -0.2) is 37.2 Å². The molecule has 1 amide bonds. The number of nitrogens with one attached hydrogen (secondary N) is 1. The monoisotopic (exact) mass is 343 g/mol. The number of aliphatic carboxylic acids is 1. The average molecular weight is 343 g/mol. The molecule has 0 radical (unpaired) electrons. The topological polar surface area (TPSA) is 84.9 Å². The fourth-order valence-electron chi connectivity index (χ4n) is 2.33. The highest BCUT2D eigenvalue weighted by atomic mass is 16.5. The fourth-order valence-corrected chi connectivity index (χ4v) is 2.33. The Labute approximate surface area is 146 Å². The van der Waals surface area contributed by atoms with Crippen LogP contribution in [0.1, 0.15) is 11.1 Å². The summed E-state index contributed by atoms with van der Waals surface area (Å²) in [6, 6.07) is 14.6. The van der Waals surface area contributed by atoms with E-state index in [1.807, 2.05) is 36.4 Å². The second-order valence-electron chi connectivity index (χ2n) is 5.41. The van der Waals surface area contributed by atoms with E-state index in [-0.39, 0.29) is 18.9 Å². The molecule has 2 aromatic carbocycles. The second kappa shape index (κ2) is 9.32. The van der Waals surface area contributed by atoms with Gasteiger partial charge in [0.1, 0.15) is 11.5 Å². The van der Waals surface area contributed by atoms with Crippen LogP contribution in [0.5, 0.6) is 11.5 Å². The Hall–Kier alpha value is -3.02. The normalized spacial score (nSPS) is 10.1. The molecule has 0 aliphatic carbocycles. The van der Waals surface area contributed by atoms with Gasteiger partial charge in [0, 0.05) is 12.1 Å². The van der Waals surface area contributed by atoms with Crippen molar-refractivity contribution in [3.63, 3.8) is 0 Å². The Morgan fingerprint density at radius 1 is 1.08 bits per heavy atom. The molecule has 0 unspecified atom stereocenters. The van der Waals surface area contributed by atoms with Gasteiger partial charge in [-0.1, -0.05) is 30.3 Å². The molecular weight excluding hydrogens is 322 g/mol. The first kappa shape index (κ1) is 18.3. The highest BCUT2D eigenvalue weighted by Gasteiger charge is 2.07. The third-order valence-electron chi connectivity index (χ3n) is 3.57. The van der Waals surface area contributed by atoms with Gasteiger partial charge in [-0.25, -0.2) is 4.79 Å². The lowest BCUT2D eigenvalue weighted by Gasteiger charge is -2.09. The van der Waals surface area contributed by atoms with Gasteiger partial charge < -0.3 is 19.9 Å². The van der Waals surface area contributed by atoms with E-state index in [4.69, 9.17) is 14.6 Å². The average Bonchev–Trinajstić information content (AvgIpc) is 2.61. The third-order valence-corrected chi connectivity index (χ3v) is 3.57. The van der Waals surface area contributed by atoms with Crippen LogP contribution >= 0.6 is 0 Å². The molecular formula is C19H21NO5. The van der Waals surface area contributed by atoms with E-state index < -0.39 is 5.97 Å². The first-order valence-corrected chi connectivity index (χ1v) is 7.90. The molecule has 6 nitrogen and oxygen atoms in total. The van der Waals surface area contributed by atoms with Crippen molar-refractivity contribution < 1.29 is 24.2 Å². The molecule has 2 aromatic rings. The molecule has 0 atom stereocenters. The summed E-state index contributed by atoms with van der Waals surface area (Å²) >= 11 is 0. The maximum Gasteiger partial charge on any atom is 0.341 e. The molecule has 132 valence electrons. The molecule has 25 heavy (non-hydrogen) atoms. The number of rotatable bonds is 9. The molecule has 0 aliphatic rings. The molecule has 6 heteroatoms. The summed E-state index contributed by atoms with van der Waals surface area (Å²) in [6.45, 7) is 0.154. The van der Waals surface area contributed by atoms with Crippen molar-refractivity contribution in [2.75, 3.05) is 20.3 Å². The molecule has 2 rings (SSSR count). The summed E-state index contributed by atoms with van der Waals surface area (Å²) in [4.78, 5) is 22.5. The molecule has 2 N–H and O–H groups in total. The van der Waals surface area contributed by atoms with Crippen molar-refractivity contribution in [3.8, 4) is 11.5 Å². The molecule has 0 bridgehead atoms. The minimum absolute atomic E-state index is 0.0640. The zero-order valence-electron chi connectivity index (χ0n) is 14.0. The predicted molar refractivity (Wildman–Crippen MR) is 93.0 cm³/mol. The number of carboxylic acid groups (broad SMARTS) is 1. The Morgan fingerprint density at radius 3 is 2.48 bits per heavy atom. The number of benzene rings is 2. The molecule has 0 heterocycles. The number of methoxy groups -OCH3 is 1. The fraction of sp³-hybridized carbons (Fsp3) is 0.263. The van der Waals surface area contributed by atoms with E-state index in [9.17, 15) is 9.59 Å². The molecule has 0 saturated carbocycles. The van der Waals surface area contributed by atoms with Gasteiger partial charge in [0.25, 0.3) is 0 Å². The molecule has 0 aromatic heterocycles. The van der Waals surface area contributed by atoms with Gasteiger partial charge in [0.05, 0.1) is 13.5 Å². The standard InChI is InChI=1S/C19H21NO5/c1-24-17-5-3-2-4-15(17)12-18(21)20-11-10-14-6-8-16(9-7-14)25-13-19(22)23/h2-9H,10-13H2,1H3,(H,20,21)(H,22,23). The van der Waals surface area contributed by atoms with Crippen LogP contribution in [0.4, 0.5) is 0 Å². The van der Waals surface area contributed by atoms with Crippen LogP contribution in [-0.2, 0) is 22.4 Å². The number of hydrogen-bond acceptors (Lipinski definition) is 4. The van der Waals surface area contributed by atoms with E-state index in [0.717, 1.165) is 11.1 Å². The Morgan fingerprint density at radius 2 is 1.80 bits per heavy atom. The number of ether oxygens (including phenoxy) is 2. The van der Waals surface area contributed by atoms with Gasteiger partial charge in [-0.3, -0.25) is 4.79 Å². The lowest BCUT2D eigenvalue weighted by atomic mass is 10.1. The van der Waals surface area contributed by atoms with Gasteiger partial charge in [-0.05, 0) is 30.2 Å². The summed E-state index contributed by atoms with van der Waals surface area (Å²) in [5.74, 6) is 0.133. The first-order chi connectivity index (χ1) is 12.1. The Bertz CT molecular complexity index is 712. The van der Waals surface area contributed by atoms with E-state index >= 15 is 0 Å². The molecule has 0 aliphatic heterocycles. The van der Waals surface area contributed by atoms with Crippen molar-refractivity contribution in [1.29, 1.82) is 0 Å². The maximum absolute atomic E-state index is 12.0. The summed E-state index contributed by atoms with van der Waals surface area (Å²) in [6.07, 6.45) is 0.947.